The van der Waals surface area contributed by atoms with Crippen LogP contribution in [0.5, 0.6) is 0 Å². The van der Waals surface area contributed by atoms with E-state index in [1.54, 1.807) is 4.90 Å². The van der Waals surface area contributed by atoms with Gasteiger partial charge in [-0.15, -0.1) is 0 Å². The molecule has 0 spiro atoms. The van der Waals surface area contributed by atoms with Gasteiger partial charge in [0.25, 0.3) is 0 Å². The van der Waals surface area contributed by atoms with Gasteiger partial charge < -0.3 is 14.7 Å². The van der Waals surface area contributed by atoms with Crippen molar-refractivity contribution in [3.63, 3.8) is 0 Å². The lowest BCUT2D eigenvalue weighted by Crippen LogP contribution is -2.64. The third-order valence-corrected chi connectivity index (χ3v) is 4.93. The van der Waals surface area contributed by atoms with Crippen molar-refractivity contribution in [2.75, 3.05) is 26.2 Å². The third-order valence-electron chi connectivity index (χ3n) is 4.93. The molecule has 1 aromatic carbocycles. The molecule has 0 atom stereocenters. The molecule has 1 aliphatic heterocycles. The van der Waals surface area contributed by atoms with E-state index in [0.29, 0.717) is 39.0 Å². The Balaban J connectivity index is 1.49. The summed E-state index contributed by atoms with van der Waals surface area (Å²) in [4.78, 5) is 27.3. The number of carboxylic acids is 1. The summed E-state index contributed by atoms with van der Waals surface area (Å²) in [6, 6.07) is 9.57. The van der Waals surface area contributed by atoms with Gasteiger partial charge in [-0.25, -0.2) is 4.79 Å². The molecular formula is C17H22N2O4. The molecule has 0 aromatic heterocycles. The number of hydrogen-bond acceptors (Lipinski definition) is 4. The molecule has 1 heterocycles. The first-order chi connectivity index (χ1) is 11.1. The molecule has 1 aromatic rings. The summed E-state index contributed by atoms with van der Waals surface area (Å²) in [6.07, 6.45) is 2.05. The Labute approximate surface area is 135 Å². The van der Waals surface area contributed by atoms with E-state index >= 15 is 0 Å². The van der Waals surface area contributed by atoms with Crippen molar-refractivity contribution < 1.29 is 19.4 Å². The molecule has 23 heavy (non-hydrogen) atoms. The van der Waals surface area contributed by atoms with Crippen LogP contribution >= 0.6 is 0 Å². The van der Waals surface area contributed by atoms with E-state index in [1.165, 1.54) is 0 Å². The van der Waals surface area contributed by atoms with Crippen LogP contribution in [0.1, 0.15) is 24.8 Å². The normalized spacial score (nSPS) is 20.6. The van der Waals surface area contributed by atoms with Gasteiger partial charge in [-0.1, -0.05) is 30.3 Å². The Kier molecular flexibility index (Phi) is 4.52. The second-order valence-corrected chi connectivity index (χ2v) is 6.20. The second kappa shape index (κ2) is 6.58. The van der Waals surface area contributed by atoms with Crippen molar-refractivity contribution in [1.82, 2.24) is 9.80 Å². The minimum atomic E-state index is -0.733. The number of carbonyl (C=O) groups is 2. The van der Waals surface area contributed by atoms with Gasteiger partial charge >= 0.3 is 12.1 Å². The van der Waals surface area contributed by atoms with Crippen molar-refractivity contribution in [3.8, 4) is 0 Å². The van der Waals surface area contributed by atoms with Crippen molar-refractivity contribution in [2.45, 2.75) is 31.4 Å². The molecule has 0 radical (unpaired) electrons. The highest BCUT2D eigenvalue weighted by molar-refractivity contribution is 5.80. The highest BCUT2D eigenvalue weighted by Gasteiger charge is 2.50. The monoisotopic (exact) mass is 318 g/mol. The number of ether oxygens (including phenoxy) is 1. The van der Waals surface area contributed by atoms with Gasteiger partial charge in [-0.2, -0.15) is 0 Å². The number of piperazine rings is 1. The van der Waals surface area contributed by atoms with Crippen LogP contribution in [0.25, 0.3) is 0 Å². The Morgan fingerprint density at radius 2 is 1.74 bits per heavy atom. The average Bonchev–Trinajstić information content (AvgIpc) is 2.53. The number of rotatable bonds is 4. The zero-order valence-electron chi connectivity index (χ0n) is 13.1. The summed E-state index contributed by atoms with van der Waals surface area (Å²) in [7, 11) is 0. The minimum Gasteiger partial charge on any atom is -0.480 e. The summed E-state index contributed by atoms with van der Waals surface area (Å²) < 4.78 is 5.33. The zero-order chi connectivity index (χ0) is 16.3. The van der Waals surface area contributed by atoms with E-state index in [2.05, 4.69) is 0 Å². The molecular weight excluding hydrogens is 296 g/mol. The van der Waals surface area contributed by atoms with Gasteiger partial charge in [-0.3, -0.25) is 9.69 Å². The van der Waals surface area contributed by atoms with Gasteiger partial charge in [0, 0.05) is 26.2 Å². The Morgan fingerprint density at radius 1 is 1.09 bits per heavy atom. The van der Waals surface area contributed by atoms with Gasteiger partial charge in [0.2, 0.25) is 0 Å². The summed E-state index contributed by atoms with van der Waals surface area (Å²) in [5.74, 6) is -0.733. The summed E-state index contributed by atoms with van der Waals surface area (Å²) >= 11 is 0. The number of carboxylic acid groups (broad SMARTS) is 1. The standard InChI is InChI=1S/C17H22N2O4/c20-15(21)17(7-4-8-17)19-11-9-18(10-12-19)16(22)23-13-14-5-2-1-3-6-14/h1-3,5-6H,4,7-13H2,(H,20,21). The predicted octanol–water partition coefficient (Wildman–Crippen LogP) is 1.95. The van der Waals surface area contributed by atoms with E-state index < -0.39 is 11.5 Å². The first-order valence-electron chi connectivity index (χ1n) is 8.06. The maximum Gasteiger partial charge on any atom is 0.410 e. The number of carbonyl (C=O) groups excluding carboxylic acids is 1. The molecule has 1 saturated heterocycles. The van der Waals surface area contributed by atoms with Crippen LogP contribution in [0.15, 0.2) is 30.3 Å². The van der Waals surface area contributed by atoms with Crippen molar-refractivity contribution in [2.24, 2.45) is 0 Å². The molecule has 1 saturated carbocycles. The SMILES string of the molecule is O=C(OCc1ccccc1)N1CCN(C2(C(=O)O)CCC2)CC1. The van der Waals surface area contributed by atoms with Gasteiger partial charge in [0.15, 0.2) is 0 Å². The molecule has 6 heteroatoms. The summed E-state index contributed by atoms with van der Waals surface area (Å²) in [5, 5.41) is 9.47. The molecule has 1 N–H and O–H groups in total. The first kappa shape index (κ1) is 15.8. The Bertz CT molecular complexity index is 563. The predicted molar refractivity (Wildman–Crippen MR) is 84.0 cm³/mol. The molecule has 6 nitrogen and oxygen atoms in total. The highest BCUT2D eigenvalue weighted by Crippen LogP contribution is 2.38. The van der Waals surface area contributed by atoms with Crippen LogP contribution in [0, 0.1) is 0 Å². The van der Waals surface area contributed by atoms with E-state index in [9.17, 15) is 14.7 Å². The van der Waals surface area contributed by atoms with Crippen LogP contribution < -0.4 is 0 Å². The molecule has 2 fully saturated rings. The fourth-order valence-electron chi connectivity index (χ4n) is 3.30. The highest BCUT2D eigenvalue weighted by atomic mass is 16.6. The van der Waals surface area contributed by atoms with Crippen LogP contribution in [0.4, 0.5) is 4.79 Å². The smallest absolute Gasteiger partial charge is 0.410 e. The quantitative estimate of drug-likeness (QED) is 0.919. The molecule has 2 aliphatic rings. The van der Waals surface area contributed by atoms with E-state index in [4.69, 9.17) is 4.74 Å². The van der Waals surface area contributed by atoms with Crippen LogP contribution in [-0.2, 0) is 16.1 Å². The van der Waals surface area contributed by atoms with Crippen molar-refractivity contribution >= 4 is 12.1 Å². The molecule has 0 bridgehead atoms. The number of benzene rings is 1. The van der Waals surface area contributed by atoms with Gasteiger partial charge in [0.1, 0.15) is 12.1 Å². The lowest BCUT2D eigenvalue weighted by molar-refractivity contribution is -0.160. The van der Waals surface area contributed by atoms with Gasteiger partial charge in [-0.05, 0) is 24.8 Å². The fourth-order valence-corrected chi connectivity index (χ4v) is 3.30. The largest absolute Gasteiger partial charge is 0.480 e. The summed E-state index contributed by atoms with van der Waals surface area (Å²) in [6.45, 7) is 2.48. The van der Waals surface area contributed by atoms with Crippen LogP contribution in [-0.4, -0.2) is 58.7 Å². The maximum absolute atomic E-state index is 12.1. The average molecular weight is 318 g/mol. The third kappa shape index (κ3) is 3.17. The number of hydrogen-bond donors (Lipinski definition) is 1. The zero-order valence-corrected chi connectivity index (χ0v) is 13.1. The fraction of sp³-hybridized carbons (Fsp3) is 0.529. The molecule has 1 amide bonds. The molecule has 3 rings (SSSR count). The molecule has 124 valence electrons. The number of amides is 1. The van der Waals surface area contributed by atoms with E-state index in [0.717, 1.165) is 12.0 Å². The number of nitrogens with zero attached hydrogens (tertiary/aromatic N) is 2. The minimum absolute atomic E-state index is 0.263. The first-order valence-corrected chi connectivity index (χ1v) is 8.06. The van der Waals surface area contributed by atoms with Gasteiger partial charge in [0.05, 0.1) is 0 Å². The topological polar surface area (TPSA) is 70.1 Å². The number of aliphatic carboxylic acids is 1. The second-order valence-electron chi connectivity index (χ2n) is 6.20. The summed E-state index contributed by atoms with van der Waals surface area (Å²) in [5.41, 5.74) is 0.263. The van der Waals surface area contributed by atoms with E-state index in [-0.39, 0.29) is 12.7 Å². The van der Waals surface area contributed by atoms with Crippen molar-refractivity contribution in [1.29, 1.82) is 0 Å². The van der Waals surface area contributed by atoms with E-state index in [1.807, 2.05) is 35.2 Å². The molecule has 0 unspecified atom stereocenters. The maximum atomic E-state index is 12.1. The van der Waals surface area contributed by atoms with Crippen molar-refractivity contribution in [3.05, 3.63) is 35.9 Å². The lowest BCUT2D eigenvalue weighted by Gasteiger charge is -2.49. The Morgan fingerprint density at radius 3 is 2.26 bits per heavy atom. The Hall–Kier alpha value is -2.08. The van der Waals surface area contributed by atoms with Crippen LogP contribution in [0.3, 0.4) is 0 Å². The lowest BCUT2D eigenvalue weighted by atomic mass is 9.75. The van der Waals surface area contributed by atoms with Crippen LogP contribution in [0.2, 0.25) is 0 Å². The molecule has 1 aliphatic carbocycles.